The molecule has 156 valence electrons. The van der Waals surface area contributed by atoms with Crippen LogP contribution in [0.5, 0.6) is 5.88 Å². The first-order chi connectivity index (χ1) is 15.1. The third kappa shape index (κ3) is 3.93. The zero-order valence-corrected chi connectivity index (χ0v) is 17.4. The van der Waals surface area contributed by atoms with Crippen LogP contribution in [-0.2, 0) is 11.3 Å². The molecule has 31 heavy (non-hydrogen) atoms. The van der Waals surface area contributed by atoms with Crippen molar-refractivity contribution < 1.29 is 14.6 Å². The van der Waals surface area contributed by atoms with Crippen molar-refractivity contribution >= 4 is 28.4 Å². The van der Waals surface area contributed by atoms with Crippen LogP contribution in [0.1, 0.15) is 16.7 Å². The number of benzene rings is 3. The van der Waals surface area contributed by atoms with Gasteiger partial charge in [0.2, 0.25) is 5.88 Å². The molecule has 0 saturated carbocycles. The molecule has 0 radical (unpaired) electrons. The van der Waals surface area contributed by atoms with E-state index < -0.39 is 6.09 Å². The third-order valence-electron chi connectivity index (χ3n) is 5.05. The van der Waals surface area contributed by atoms with Crippen LogP contribution < -0.4 is 5.32 Å². The summed E-state index contributed by atoms with van der Waals surface area (Å²) in [6, 6.07) is 24.8. The number of carbonyl (C=O) groups is 1. The predicted molar refractivity (Wildman–Crippen MR) is 122 cm³/mol. The van der Waals surface area contributed by atoms with Crippen LogP contribution in [0, 0.1) is 0 Å². The second kappa shape index (κ2) is 8.85. The number of para-hydroxylation sites is 1. The molecule has 1 aromatic heterocycles. The summed E-state index contributed by atoms with van der Waals surface area (Å²) in [4.78, 5) is 17.3. The lowest BCUT2D eigenvalue weighted by Crippen LogP contribution is -2.11. The lowest BCUT2D eigenvalue weighted by molar-refractivity contribution is 0.171. The number of nitrogens with zero attached hydrogens (tertiary/aromatic N) is 2. The Hall–Kier alpha value is -3.90. The zero-order valence-electron chi connectivity index (χ0n) is 17.4. The van der Waals surface area contributed by atoms with Gasteiger partial charge in [-0.2, -0.15) is 0 Å². The van der Waals surface area contributed by atoms with Crippen molar-refractivity contribution in [3.05, 3.63) is 95.6 Å². The molecule has 6 heteroatoms. The number of rotatable bonds is 5. The highest BCUT2D eigenvalue weighted by Gasteiger charge is 2.25. The van der Waals surface area contributed by atoms with E-state index in [-0.39, 0.29) is 5.88 Å². The molecule has 0 aliphatic carbocycles. The molecule has 4 rings (SSSR count). The van der Waals surface area contributed by atoms with E-state index in [9.17, 15) is 9.90 Å². The minimum absolute atomic E-state index is 0.206. The Balaban J connectivity index is 1.96. The Labute approximate surface area is 180 Å². The number of ether oxygens (including phenoxy) is 1. The molecule has 0 bridgehead atoms. The highest BCUT2D eigenvalue weighted by atomic mass is 16.5. The van der Waals surface area contributed by atoms with Crippen LogP contribution >= 0.6 is 0 Å². The van der Waals surface area contributed by atoms with E-state index in [0.717, 1.165) is 23.4 Å². The molecule has 0 spiro atoms. The van der Waals surface area contributed by atoms with Gasteiger partial charge in [-0.3, -0.25) is 0 Å². The van der Waals surface area contributed by atoms with Crippen molar-refractivity contribution in [3.63, 3.8) is 0 Å². The van der Waals surface area contributed by atoms with Gasteiger partial charge >= 0.3 is 6.09 Å². The van der Waals surface area contributed by atoms with E-state index in [1.807, 2.05) is 79.8 Å². The Morgan fingerprint density at radius 2 is 1.68 bits per heavy atom. The highest BCUT2D eigenvalue weighted by molar-refractivity contribution is 6.22. The first-order valence-corrected chi connectivity index (χ1v) is 9.92. The Bertz CT molecular complexity index is 1240. The van der Waals surface area contributed by atoms with Crippen LogP contribution in [0.4, 0.5) is 10.5 Å². The number of aliphatic imine (C=N–C) groups is 1. The summed E-state index contributed by atoms with van der Waals surface area (Å²) in [5.74, 6) is -0.206. The minimum Gasteiger partial charge on any atom is -0.494 e. The number of hydrogen-bond acceptors (Lipinski definition) is 5. The highest BCUT2D eigenvalue weighted by Crippen LogP contribution is 2.34. The van der Waals surface area contributed by atoms with Crippen molar-refractivity contribution in [1.29, 1.82) is 0 Å². The van der Waals surface area contributed by atoms with Gasteiger partial charge in [-0.05, 0) is 30.8 Å². The fraction of sp³-hybridized carbons (Fsp3) is 0.120. The molecule has 2 N–H and O–H groups in total. The topological polar surface area (TPSA) is 75.9 Å². The van der Waals surface area contributed by atoms with Gasteiger partial charge in [-0.1, -0.05) is 60.7 Å². The van der Waals surface area contributed by atoms with E-state index in [1.54, 1.807) is 6.07 Å². The second-order valence-electron chi connectivity index (χ2n) is 7.04. The van der Waals surface area contributed by atoms with E-state index >= 15 is 0 Å². The van der Waals surface area contributed by atoms with Gasteiger partial charge in [-0.25, -0.2) is 14.4 Å². The number of aromatic hydroxyl groups is 1. The van der Waals surface area contributed by atoms with E-state index in [2.05, 4.69) is 5.32 Å². The minimum atomic E-state index is -0.663. The molecule has 0 atom stereocenters. The normalized spacial score (nSPS) is 11.6. The number of carbonyl (C=O) groups excluding carboxylic acids is 1. The number of hydrogen-bond donors (Lipinski definition) is 2. The van der Waals surface area contributed by atoms with Gasteiger partial charge in [0.1, 0.15) is 0 Å². The van der Waals surface area contributed by atoms with E-state index in [4.69, 9.17) is 9.73 Å². The molecule has 0 saturated heterocycles. The summed E-state index contributed by atoms with van der Waals surface area (Å²) < 4.78 is 6.06. The summed E-state index contributed by atoms with van der Waals surface area (Å²) in [5, 5.41) is 14.9. The first-order valence-electron chi connectivity index (χ1n) is 9.92. The van der Waals surface area contributed by atoms with Gasteiger partial charge in [0.05, 0.1) is 29.6 Å². The fourth-order valence-electron chi connectivity index (χ4n) is 3.62. The standard InChI is InChI=1S/C25H23N3O3/c1-26-16-17-12-14-19(15-13-17)27-23(18-8-4-3-5-9-18)22-20-10-6-7-11-21(20)28(24(22)29)25(30)31-2/h3-15,26,29H,16H2,1-2H3. The molecule has 0 aliphatic heterocycles. The van der Waals surface area contributed by atoms with Crippen LogP contribution in [0.3, 0.4) is 0 Å². The number of methoxy groups -OCH3 is 1. The van der Waals surface area contributed by atoms with Gasteiger partial charge in [0, 0.05) is 17.5 Å². The summed E-state index contributed by atoms with van der Waals surface area (Å²) >= 11 is 0. The van der Waals surface area contributed by atoms with Crippen molar-refractivity contribution in [2.45, 2.75) is 6.54 Å². The molecule has 3 aromatic carbocycles. The lowest BCUT2D eigenvalue weighted by atomic mass is 10.0. The number of fused-ring (bicyclic) bond motifs is 1. The largest absolute Gasteiger partial charge is 0.494 e. The lowest BCUT2D eigenvalue weighted by Gasteiger charge is -2.09. The zero-order chi connectivity index (χ0) is 21.8. The number of nitrogens with one attached hydrogen (secondary N) is 1. The van der Waals surface area contributed by atoms with Crippen molar-refractivity contribution in [2.24, 2.45) is 4.99 Å². The van der Waals surface area contributed by atoms with Gasteiger partial charge in [0.15, 0.2) is 0 Å². The van der Waals surface area contributed by atoms with Crippen LogP contribution in [0.2, 0.25) is 0 Å². The third-order valence-corrected chi connectivity index (χ3v) is 5.05. The molecule has 6 nitrogen and oxygen atoms in total. The molecular weight excluding hydrogens is 390 g/mol. The molecule has 0 aliphatic rings. The maximum atomic E-state index is 12.4. The monoisotopic (exact) mass is 413 g/mol. The maximum Gasteiger partial charge on any atom is 0.421 e. The van der Waals surface area contributed by atoms with Crippen LogP contribution in [0.25, 0.3) is 10.9 Å². The maximum absolute atomic E-state index is 12.4. The Morgan fingerprint density at radius 3 is 2.35 bits per heavy atom. The summed E-state index contributed by atoms with van der Waals surface area (Å²) in [7, 11) is 3.19. The Morgan fingerprint density at radius 1 is 1.00 bits per heavy atom. The Kier molecular flexibility index (Phi) is 5.82. The summed E-state index contributed by atoms with van der Waals surface area (Å²) in [6.45, 7) is 0.767. The summed E-state index contributed by atoms with van der Waals surface area (Å²) in [5.41, 5.74) is 4.31. The SMILES string of the molecule is CNCc1ccc(N=C(c2ccccc2)c2c(O)n(C(=O)OC)c3ccccc23)cc1. The molecule has 0 fully saturated rings. The smallest absolute Gasteiger partial charge is 0.421 e. The van der Waals surface area contributed by atoms with Crippen molar-refractivity contribution in [1.82, 2.24) is 9.88 Å². The molecule has 0 unspecified atom stereocenters. The molecule has 4 aromatic rings. The molecular formula is C25H23N3O3. The van der Waals surface area contributed by atoms with Crippen LogP contribution in [0.15, 0.2) is 83.9 Å². The van der Waals surface area contributed by atoms with E-state index in [1.165, 1.54) is 11.7 Å². The van der Waals surface area contributed by atoms with Crippen molar-refractivity contribution in [3.8, 4) is 5.88 Å². The van der Waals surface area contributed by atoms with Gasteiger partial charge in [-0.15, -0.1) is 0 Å². The predicted octanol–water partition coefficient (Wildman–Crippen LogP) is 4.85. The van der Waals surface area contributed by atoms with Gasteiger partial charge in [0.25, 0.3) is 0 Å². The fourth-order valence-corrected chi connectivity index (χ4v) is 3.62. The average molecular weight is 413 g/mol. The summed E-state index contributed by atoms with van der Waals surface area (Å²) in [6.07, 6.45) is -0.663. The quantitative estimate of drug-likeness (QED) is 0.459. The van der Waals surface area contributed by atoms with Crippen molar-refractivity contribution in [2.75, 3.05) is 14.2 Å². The van der Waals surface area contributed by atoms with Crippen LogP contribution in [-0.4, -0.2) is 35.6 Å². The van der Waals surface area contributed by atoms with E-state index in [0.29, 0.717) is 22.2 Å². The second-order valence-corrected chi connectivity index (χ2v) is 7.04. The molecule has 0 amide bonds. The number of aromatic nitrogens is 1. The van der Waals surface area contributed by atoms with Gasteiger partial charge < -0.3 is 15.2 Å². The molecule has 1 heterocycles. The first kappa shape index (κ1) is 20.4. The average Bonchev–Trinajstić information content (AvgIpc) is 3.10.